The first-order chi connectivity index (χ1) is 65.4. The molecule has 0 spiro atoms. The van der Waals surface area contributed by atoms with Crippen LogP contribution < -0.4 is 39.6 Å². The number of pyridine rings is 1. The molecule has 21 rings (SSSR count). The fourth-order valence-electron chi connectivity index (χ4n) is 16.6. The minimum Gasteiger partial charge on any atom is -0.397 e. The van der Waals surface area contributed by atoms with E-state index in [4.69, 9.17) is 106 Å². The van der Waals surface area contributed by atoms with E-state index in [9.17, 15) is 96.7 Å². The Morgan fingerprint density at radius 3 is 1.03 bits per heavy atom. The molecule has 0 amide bonds. The van der Waals surface area contributed by atoms with Crippen LogP contribution in [-0.4, -0.2) is 336 Å². The summed E-state index contributed by atoms with van der Waals surface area (Å²) in [5.74, 6) is 0.295. The van der Waals surface area contributed by atoms with Crippen LogP contribution in [0.4, 0.5) is 27.7 Å². The van der Waals surface area contributed by atoms with Crippen molar-refractivity contribution >= 4 is 137 Å². The second-order valence-electron chi connectivity index (χ2n) is 32.0. The molecular formula is C66H80FN27O38P6. The molecule has 9 aliphatic rings. The number of anilines is 4. The number of nitrogens with zero attached hydrogens (tertiary/aromatic N) is 20. The van der Waals surface area contributed by atoms with Crippen molar-refractivity contribution in [1.82, 2.24) is 112 Å². The Labute approximate surface area is 764 Å². The molecular weight excluding hydrogens is 1980 g/mol. The number of aromatic nitrogens is 23. The number of phosphoric acid groups is 3. The molecule has 65 nitrogen and oxygen atoms in total. The van der Waals surface area contributed by atoms with Crippen molar-refractivity contribution < 1.29 is 170 Å². The van der Waals surface area contributed by atoms with Crippen molar-refractivity contribution in [2.75, 3.05) is 81.6 Å². The van der Waals surface area contributed by atoms with Crippen molar-refractivity contribution in [2.24, 2.45) is 0 Å². The molecule has 72 heteroatoms. The smallest absolute Gasteiger partial charge is 0.397 e. The third-order valence-electron chi connectivity index (χ3n) is 22.9. The van der Waals surface area contributed by atoms with Crippen LogP contribution in [0.25, 0.3) is 67.0 Å². The lowest BCUT2D eigenvalue weighted by Gasteiger charge is -2.24. The third-order valence-corrected chi connectivity index (χ3v) is 28.9. The van der Waals surface area contributed by atoms with Gasteiger partial charge in [0.1, 0.15) is 164 Å². The average molecular weight is 2060 g/mol. The topological polar surface area (TPSA) is 904 Å². The Kier molecular flexibility index (Phi) is 26.1. The van der Waals surface area contributed by atoms with Gasteiger partial charge in [-0.1, -0.05) is 0 Å². The van der Waals surface area contributed by atoms with Gasteiger partial charge in [-0.2, -0.15) is 4.98 Å². The van der Waals surface area contributed by atoms with Crippen LogP contribution in [0.5, 0.6) is 0 Å². The number of nitrogens with two attached hydrogens (primary N) is 4. The zero-order valence-electron chi connectivity index (χ0n) is 70.3. The van der Waals surface area contributed by atoms with E-state index in [1.54, 1.807) is 0 Å². The van der Waals surface area contributed by atoms with Crippen LogP contribution >= 0.6 is 46.3 Å². The normalized spacial score (nSPS) is 37.4. The molecule has 9 saturated heterocycles. The fraction of sp³-hybridized carbons (Fsp3) is 0.530. The minimum absolute atomic E-state index is 0.00910. The number of halogens is 1. The summed E-state index contributed by atoms with van der Waals surface area (Å²) in [5, 5.41) is 55.9. The molecule has 138 heavy (non-hydrogen) atoms. The number of aliphatic hydroxyl groups excluding tert-OH is 5. The summed E-state index contributed by atoms with van der Waals surface area (Å²) in [6, 6.07) is 1.53. The molecule has 0 radical (unpaired) electrons. The number of aliphatic hydroxyl groups is 5. The van der Waals surface area contributed by atoms with Crippen molar-refractivity contribution in [3.05, 3.63) is 106 Å². The first kappa shape index (κ1) is 97.0. The van der Waals surface area contributed by atoms with Crippen LogP contribution in [-0.2, 0) is 111 Å². The zero-order chi connectivity index (χ0) is 97.6. The van der Waals surface area contributed by atoms with Gasteiger partial charge in [-0.15, -0.1) is 0 Å². The molecule has 12 aromatic heterocycles. The number of rotatable bonds is 6. The van der Waals surface area contributed by atoms with Crippen LogP contribution in [0, 0.1) is 13.8 Å². The van der Waals surface area contributed by atoms with Gasteiger partial charge in [-0.25, -0.2) is 82.9 Å². The lowest BCUT2D eigenvalue weighted by molar-refractivity contribution is -0.0595. The number of nitrogens with one attached hydrogen (secondary N) is 3. The molecule has 9 aliphatic heterocycles. The van der Waals surface area contributed by atoms with E-state index in [0.717, 1.165) is 28.1 Å². The molecule has 744 valence electrons. The van der Waals surface area contributed by atoms with Gasteiger partial charge in [0.05, 0.1) is 83.3 Å². The van der Waals surface area contributed by atoms with Crippen LogP contribution in [0.2, 0.25) is 0 Å². The Morgan fingerprint density at radius 1 is 0.355 bits per heavy atom. The monoisotopic (exact) mass is 2060 g/mol. The molecule has 21 heterocycles. The fourth-order valence-corrected chi connectivity index (χ4v) is 21.9. The van der Waals surface area contributed by atoms with Gasteiger partial charge in [0.15, 0.2) is 106 Å². The minimum atomic E-state index is -5.12. The molecule has 0 aliphatic carbocycles. The van der Waals surface area contributed by atoms with E-state index in [-0.39, 0.29) is 90.7 Å². The van der Waals surface area contributed by atoms with E-state index < -0.39 is 269 Å². The van der Waals surface area contributed by atoms with Crippen molar-refractivity contribution in [2.45, 2.75) is 161 Å². The quantitative estimate of drug-likeness (QED) is 0.0709. The molecule has 12 aromatic rings. The summed E-state index contributed by atoms with van der Waals surface area (Å²) in [5.41, 5.74) is 22.7. The first-order valence-corrected chi connectivity index (χ1v) is 50.4. The molecule has 12 unspecified atom stereocenters. The highest BCUT2D eigenvalue weighted by molar-refractivity contribution is 7.53. The van der Waals surface area contributed by atoms with E-state index >= 15 is 4.39 Å². The largest absolute Gasteiger partial charge is 0.472 e. The highest BCUT2D eigenvalue weighted by Gasteiger charge is 2.58. The number of H-pyrrole nitrogens is 3. The number of hydrogen-bond acceptors (Lipinski definition) is 50. The van der Waals surface area contributed by atoms with Crippen molar-refractivity contribution in [3.8, 4) is 0 Å². The molecule has 9 fully saturated rings. The van der Waals surface area contributed by atoms with Crippen LogP contribution in [0.15, 0.2) is 77.3 Å². The Morgan fingerprint density at radius 2 is 0.645 bits per heavy atom. The second kappa shape index (κ2) is 37.2. The summed E-state index contributed by atoms with van der Waals surface area (Å²) in [4.78, 5) is 165. The number of phosphoric ester groups is 3. The lowest BCUT2D eigenvalue weighted by atomic mass is 10.1. The van der Waals surface area contributed by atoms with Crippen molar-refractivity contribution in [1.29, 1.82) is 0 Å². The highest BCUT2D eigenvalue weighted by atomic mass is 31.2. The van der Waals surface area contributed by atoms with Gasteiger partial charge >= 0.3 is 46.3 Å². The summed E-state index contributed by atoms with van der Waals surface area (Å²) >= 11 is 0. The first-order valence-electron chi connectivity index (χ1n) is 40.7. The van der Waals surface area contributed by atoms with E-state index in [0.29, 0.717) is 11.2 Å². The lowest BCUT2D eigenvalue weighted by Crippen LogP contribution is -2.37. The average Bonchev–Trinajstić information content (AvgIpc) is 1.63. The Bertz CT molecular complexity index is 6890. The molecule has 0 aromatic carbocycles. The van der Waals surface area contributed by atoms with Gasteiger partial charge in [0.25, 0.3) is 16.7 Å². The van der Waals surface area contributed by atoms with Gasteiger partial charge in [0.2, 0.25) is 5.95 Å². The van der Waals surface area contributed by atoms with Crippen LogP contribution in [0.3, 0.4) is 0 Å². The Hall–Kier alpha value is -9.88. The highest BCUT2D eigenvalue weighted by Crippen LogP contribution is 2.57. The molecule has 30 atom stereocenters. The third kappa shape index (κ3) is 18.9. The second-order valence-corrected chi connectivity index (χ2v) is 41.6. The maximum atomic E-state index is 16.0. The maximum absolute atomic E-state index is 16.0. The number of fused-ring (bicyclic) bond motifs is 12. The molecule has 22 N–H and O–H groups in total. The Balaban J connectivity index is 0.000000132. The van der Waals surface area contributed by atoms with Crippen molar-refractivity contribution in [3.63, 3.8) is 0 Å². The van der Waals surface area contributed by atoms with Crippen LogP contribution in [0.1, 0.15) is 49.0 Å². The van der Waals surface area contributed by atoms with Gasteiger partial charge in [-0.3, -0.25) is 87.6 Å². The van der Waals surface area contributed by atoms with Gasteiger partial charge < -0.3 is 144 Å². The predicted molar refractivity (Wildman–Crippen MR) is 447 cm³/mol. The SMILES string of the molecule is Cc1nc2c(ncn2[C@@H]2O[C@@H]3COP(=O)(O)OC4[C@@H](COP(=O)(O)COC3[C@@H]2O)O[C@@H](n2cnc3c(N)ncnc32)[C@H]4F)c(=O)[nH]1.Cc1nc2c(ncn2[C@@H]2O[C@@H]3COP(=O)(O)OC4[C@@H](COP(=O)(O)COC3[C@@H]2O)O[C@@H](n2cnc3c(N)ncnc32)[C@H]4O)c(=O)[nH]1.Nc1nc2c(ncn2[C@@H]2O[C@@H]3COP(=O)(O)COC4[C@@H](COP(=O)(O)OC3[C@@H]2O)O[C@@H](n2cnc3c(N)ccnc32)[C@H]4O)c(=O)[nH]1. The number of ether oxygens (including phenoxy) is 9. The molecule has 0 saturated carbocycles. The standard InChI is InChI=1S/C22H26FN9O12P2.2C22H27N9O13P2/c1-8-29-19-13(20(34)30-8)28-6-32(19)22-14(33)16-10(43-22)3-41-46(37,38)44-15-9(2-40-45(35,36)7-39-16)42-21(11(15)23)31-5-27-12-17(24)25-4-26-18(12)31;1-8-28-19-12(20(34)29-8)27-6-31(19)21-13(32)15-9(42-21)3-41-46(37,38)44-16-10(2-40-45(35,36)7-39-15)43-22(14(16)33)30-5-26-11-17(23)24-4-25-18(11)30;23-8-1-2-25-17-11(8)26-5-30(17)20-13(32)15-9(42-20)4-41-46(37,38)44-16-10(3-40-45(35,36)7-39-15)43-21(14(16)33)31-6-27-12-18(31)28-22(24)29-19(12)34/h4-6,9-11,14-16,21-22,33H,2-3,7H2,1H3,(H,35,36)(H,37,38)(H2,24,25,26)(H,29,30,34);4-6,9-10,13-16,21-22,32-33H,2-3,7H2,1H3,(H,35,36)(H,37,38)(H2,23,24,25)(H,28,29,34);1-2,5-6,9-10,13-16,20-21,32-33H,3-4,7H2,(H2,23,25)(H,35,36)(H,37,38)(H3,24,28,29,34)/t9-,10-,11+,14+,15?,16?,21-,22-;9-,10-,13+,14+,15?,16?,21-,22-;9-,10-,13+,14+,15?,16?,20-,21-/m111/s1. The number of aryl methyl sites for hydroxylation is 2. The predicted octanol–water partition coefficient (Wildman–Crippen LogP) is -3.86. The number of nitrogen functional groups attached to an aromatic ring is 4. The number of alkyl halides is 1. The zero-order valence-corrected chi connectivity index (χ0v) is 75.6. The summed E-state index contributed by atoms with van der Waals surface area (Å²) < 4.78 is 201. The van der Waals surface area contributed by atoms with E-state index in [1.807, 2.05) is 0 Å². The maximum Gasteiger partial charge on any atom is 0.472 e. The number of hydrogen-bond donors (Lipinski definition) is 18. The number of imidazole rings is 6. The van der Waals surface area contributed by atoms with Gasteiger partial charge in [-0.05, 0) is 19.9 Å². The van der Waals surface area contributed by atoms with Gasteiger partial charge in [0, 0.05) is 6.20 Å². The number of aromatic amines is 3. The summed E-state index contributed by atoms with van der Waals surface area (Å²) in [6.45, 7) is -1.42. The van der Waals surface area contributed by atoms with E-state index in [1.165, 1.54) is 76.0 Å². The summed E-state index contributed by atoms with van der Waals surface area (Å²) in [6.07, 6.45) is -28.2. The van der Waals surface area contributed by atoms with E-state index in [2.05, 4.69) is 84.7 Å². The molecule has 0 bridgehead atoms. The summed E-state index contributed by atoms with van der Waals surface area (Å²) in [7, 11) is -29.1.